The summed E-state index contributed by atoms with van der Waals surface area (Å²) in [7, 11) is 1.65. The Hall–Kier alpha value is -2.00. The Kier molecular flexibility index (Phi) is 5.23. The fourth-order valence-corrected chi connectivity index (χ4v) is 2.08. The summed E-state index contributed by atoms with van der Waals surface area (Å²) in [4.78, 5) is 0. The van der Waals surface area contributed by atoms with Gasteiger partial charge in [-0.2, -0.15) is 0 Å². The van der Waals surface area contributed by atoms with Crippen LogP contribution in [0.4, 0.5) is 0 Å². The lowest BCUT2D eigenvalue weighted by molar-refractivity contribution is 0.290. The lowest BCUT2D eigenvalue weighted by atomic mass is 10.00. The van der Waals surface area contributed by atoms with Crippen molar-refractivity contribution in [2.45, 2.75) is 25.8 Å². The van der Waals surface area contributed by atoms with E-state index in [1.807, 2.05) is 24.3 Å². The van der Waals surface area contributed by atoms with E-state index in [4.69, 9.17) is 15.2 Å². The van der Waals surface area contributed by atoms with Crippen LogP contribution in [0.25, 0.3) is 0 Å². The van der Waals surface area contributed by atoms with Crippen LogP contribution in [0.5, 0.6) is 11.5 Å². The van der Waals surface area contributed by atoms with Crippen LogP contribution in [-0.4, -0.2) is 13.7 Å². The molecule has 0 aliphatic carbocycles. The molecular weight excluding hydrogens is 262 g/mol. The molecule has 0 fully saturated rings. The predicted molar refractivity (Wildman–Crippen MR) is 85.9 cm³/mol. The molecule has 2 aromatic carbocycles. The zero-order valence-corrected chi connectivity index (χ0v) is 12.9. The van der Waals surface area contributed by atoms with Crippen LogP contribution in [-0.2, 0) is 0 Å². The molecule has 1 atom stereocenters. The first-order valence-corrected chi connectivity index (χ1v) is 7.22. The number of methoxy groups -OCH3 is 1. The van der Waals surface area contributed by atoms with Crippen LogP contribution < -0.4 is 15.2 Å². The van der Waals surface area contributed by atoms with Crippen LogP contribution in [0.2, 0.25) is 0 Å². The van der Waals surface area contributed by atoms with Gasteiger partial charge >= 0.3 is 0 Å². The van der Waals surface area contributed by atoms with Gasteiger partial charge in [0.1, 0.15) is 18.1 Å². The quantitative estimate of drug-likeness (QED) is 0.875. The Labute approximate surface area is 126 Å². The van der Waals surface area contributed by atoms with Gasteiger partial charge in [-0.15, -0.1) is 0 Å². The normalized spacial score (nSPS) is 12.2. The maximum atomic E-state index is 6.18. The molecule has 0 spiro atoms. The second-order valence-corrected chi connectivity index (χ2v) is 5.41. The summed E-state index contributed by atoms with van der Waals surface area (Å²) < 4.78 is 10.8. The Balaban J connectivity index is 1.92. The van der Waals surface area contributed by atoms with E-state index < -0.39 is 0 Å². The Bertz CT molecular complexity index is 546. The van der Waals surface area contributed by atoms with E-state index in [1.54, 1.807) is 7.11 Å². The first kappa shape index (κ1) is 15.4. The Morgan fingerprint density at radius 2 is 1.38 bits per heavy atom. The number of hydrogen-bond donors (Lipinski definition) is 1. The monoisotopic (exact) mass is 285 g/mol. The average Bonchev–Trinajstić information content (AvgIpc) is 2.53. The lowest BCUT2D eigenvalue weighted by Crippen LogP contribution is -2.19. The second kappa shape index (κ2) is 7.14. The molecule has 2 rings (SSSR count). The summed E-state index contributed by atoms with van der Waals surface area (Å²) in [5, 5.41) is 0. The van der Waals surface area contributed by atoms with Gasteiger partial charge in [-0.3, -0.25) is 0 Å². The van der Waals surface area contributed by atoms with Gasteiger partial charge in [-0.1, -0.05) is 38.1 Å². The van der Waals surface area contributed by atoms with E-state index >= 15 is 0 Å². The summed E-state index contributed by atoms with van der Waals surface area (Å²) in [5.74, 6) is 2.15. The molecule has 21 heavy (non-hydrogen) atoms. The molecule has 0 bridgehead atoms. The molecule has 0 radical (unpaired) electrons. The summed E-state index contributed by atoms with van der Waals surface area (Å²) in [5.41, 5.74) is 8.59. The molecule has 0 saturated heterocycles. The van der Waals surface area contributed by atoms with Crippen molar-refractivity contribution >= 4 is 0 Å². The molecule has 0 aliphatic heterocycles. The minimum Gasteiger partial charge on any atom is -0.497 e. The molecule has 0 aliphatic rings. The highest BCUT2D eigenvalue weighted by molar-refractivity contribution is 5.31. The van der Waals surface area contributed by atoms with Gasteiger partial charge in [0.15, 0.2) is 0 Å². The number of rotatable bonds is 6. The Morgan fingerprint density at radius 3 is 1.90 bits per heavy atom. The molecule has 112 valence electrons. The fourth-order valence-electron chi connectivity index (χ4n) is 2.08. The largest absolute Gasteiger partial charge is 0.497 e. The van der Waals surface area contributed by atoms with E-state index in [9.17, 15) is 0 Å². The van der Waals surface area contributed by atoms with Gasteiger partial charge in [0.25, 0.3) is 0 Å². The smallest absolute Gasteiger partial charge is 0.119 e. The highest BCUT2D eigenvalue weighted by atomic mass is 16.5. The van der Waals surface area contributed by atoms with Gasteiger partial charge in [0.05, 0.1) is 13.2 Å². The van der Waals surface area contributed by atoms with Crippen LogP contribution in [0.3, 0.4) is 0 Å². The molecule has 2 N–H and O–H groups in total. The lowest BCUT2D eigenvalue weighted by Gasteiger charge is -2.15. The van der Waals surface area contributed by atoms with Crippen molar-refractivity contribution in [3.8, 4) is 11.5 Å². The maximum absolute atomic E-state index is 6.18. The minimum absolute atomic E-state index is 0.131. The summed E-state index contributed by atoms with van der Waals surface area (Å²) in [6, 6.07) is 15.8. The number of hydrogen-bond acceptors (Lipinski definition) is 3. The van der Waals surface area contributed by atoms with Crippen molar-refractivity contribution < 1.29 is 9.47 Å². The zero-order valence-electron chi connectivity index (χ0n) is 12.9. The first-order valence-electron chi connectivity index (χ1n) is 7.22. The van der Waals surface area contributed by atoms with Gasteiger partial charge in [0.2, 0.25) is 0 Å². The number of nitrogens with two attached hydrogens (primary N) is 1. The third-order valence-corrected chi connectivity index (χ3v) is 3.52. The van der Waals surface area contributed by atoms with Gasteiger partial charge in [-0.05, 0) is 41.3 Å². The van der Waals surface area contributed by atoms with Crippen molar-refractivity contribution in [2.75, 3.05) is 13.7 Å². The molecule has 3 nitrogen and oxygen atoms in total. The molecule has 0 aromatic heterocycles. The van der Waals surface area contributed by atoms with E-state index in [1.165, 1.54) is 5.56 Å². The average molecular weight is 285 g/mol. The van der Waals surface area contributed by atoms with Gasteiger partial charge in [-0.25, -0.2) is 0 Å². The maximum Gasteiger partial charge on any atom is 0.119 e. The van der Waals surface area contributed by atoms with Crippen LogP contribution in [0, 0.1) is 0 Å². The summed E-state index contributed by atoms with van der Waals surface area (Å²) in [6.07, 6.45) is 0. The highest BCUT2D eigenvalue weighted by Gasteiger charge is 2.08. The minimum atomic E-state index is -0.131. The summed E-state index contributed by atoms with van der Waals surface area (Å²) >= 11 is 0. The SMILES string of the molecule is COc1ccc(OCC(N)c2ccc(C(C)C)cc2)cc1. The molecule has 1 unspecified atom stereocenters. The van der Waals surface area contributed by atoms with Crippen LogP contribution in [0.1, 0.15) is 36.9 Å². The Morgan fingerprint density at radius 1 is 0.857 bits per heavy atom. The molecule has 0 saturated carbocycles. The van der Waals surface area contributed by atoms with Crippen molar-refractivity contribution in [3.05, 3.63) is 59.7 Å². The van der Waals surface area contributed by atoms with Gasteiger partial charge in [0, 0.05) is 0 Å². The second-order valence-electron chi connectivity index (χ2n) is 5.41. The summed E-state index contributed by atoms with van der Waals surface area (Å²) in [6.45, 7) is 4.82. The van der Waals surface area contributed by atoms with Crippen molar-refractivity contribution in [2.24, 2.45) is 5.73 Å². The molecule has 3 heteroatoms. The fraction of sp³-hybridized carbons (Fsp3) is 0.333. The molecule has 2 aromatic rings. The number of ether oxygens (including phenoxy) is 2. The third-order valence-electron chi connectivity index (χ3n) is 3.52. The van der Waals surface area contributed by atoms with E-state index in [0.717, 1.165) is 17.1 Å². The van der Waals surface area contributed by atoms with E-state index in [0.29, 0.717) is 12.5 Å². The van der Waals surface area contributed by atoms with Crippen LogP contribution >= 0.6 is 0 Å². The molecular formula is C18H23NO2. The van der Waals surface area contributed by atoms with Gasteiger partial charge < -0.3 is 15.2 Å². The first-order chi connectivity index (χ1) is 10.1. The van der Waals surface area contributed by atoms with Crippen molar-refractivity contribution in [1.82, 2.24) is 0 Å². The predicted octanol–water partition coefficient (Wildman–Crippen LogP) is 3.90. The highest BCUT2D eigenvalue weighted by Crippen LogP contribution is 2.20. The van der Waals surface area contributed by atoms with Crippen molar-refractivity contribution in [3.63, 3.8) is 0 Å². The number of benzene rings is 2. The standard InChI is InChI=1S/C18H23NO2/c1-13(2)14-4-6-15(7-5-14)18(19)12-21-17-10-8-16(20-3)9-11-17/h4-11,13,18H,12,19H2,1-3H3. The molecule has 0 amide bonds. The van der Waals surface area contributed by atoms with Crippen LogP contribution in [0.15, 0.2) is 48.5 Å². The van der Waals surface area contributed by atoms with E-state index in [2.05, 4.69) is 38.1 Å². The van der Waals surface area contributed by atoms with Crippen molar-refractivity contribution in [1.29, 1.82) is 0 Å². The zero-order chi connectivity index (χ0) is 15.2. The third kappa shape index (κ3) is 4.23. The van der Waals surface area contributed by atoms with E-state index in [-0.39, 0.29) is 6.04 Å². The molecule has 0 heterocycles. The topological polar surface area (TPSA) is 44.5 Å².